The van der Waals surface area contributed by atoms with Crippen LogP contribution in [-0.4, -0.2) is 21.4 Å². The van der Waals surface area contributed by atoms with Gasteiger partial charge in [-0.05, 0) is 35.1 Å². The van der Waals surface area contributed by atoms with Crippen LogP contribution in [-0.2, 0) is 19.5 Å². The summed E-state index contributed by atoms with van der Waals surface area (Å²) in [5, 5.41) is 2.13. The molecule has 0 amide bonds. The van der Waals surface area contributed by atoms with Crippen LogP contribution in [0.2, 0.25) is 0 Å². The summed E-state index contributed by atoms with van der Waals surface area (Å²) < 4.78 is 25.8. The molecule has 0 aliphatic carbocycles. The van der Waals surface area contributed by atoms with Crippen LogP contribution in [0.15, 0.2) is 46.6 Å². The van der Waals surface area contributed by atoms with Crippen molar-refractivity contribution in [3.8, 4) is 11.4 Å². The highest BCUT2D eigenvalue weighted by molar-refractivity contribution is 7.10. The van der Waals surface area contributed by atoms with Crippen LogP contribution in [0.4, 0.5) is 8.78 Å². The van der Waals surface area contributed by atoms with Crippen molar-refractivity contribution in [2.45, 2.75) is 25.9 Å². The van der Waals surface area contributed by atoms with E-state index in [9.17, 15) is 13.6 Å². The lowest BCUT2D eigenvalue weighted by atomic mass is 10.1. The predicted octanol–water partition coefficient (Wildman–Crippen LogP) is 3.99. The van der Waals surface area contributed by atoms with Crippen molar-refractivity contribution in [1.29, 1.82) is 0 Å². The number of H-pyrrole nitrogens is 1. The zero-order valence-electron chi connectivity index (χ0n) is 13.9. The number of fused-ring (bicyclic) bond motifs is 1. The van der Waals surface area contributed by atoms with E-state index in [1.54, 1.807) is 6.07 Å². The molecule has 0 fully saturated rings. The van der Waals surface area contributed by atoms with Crippen molar-refractivity contribution in [3.63, 3.8) is 0 Å². The summed E-state index contributed by atoms with van der Waals surface area (Å²) in [5.74, 6) is 0.174. The molecule has 0 atom stereocenters. The first-order valence-electron chi connectivity index (χ1n) is 8.35. The van der Waals surface area contributed by atoms with Gasteiger partial charge in [-0.2, -0.15) is 0 Å². The van der Waals surface area contributed by atoms with E-state index < -0.39 is 17.7 Å². The third-order valence-corrected chi connectivity index (χ3v) is 5.50. The maximum atomic E-state index is 12.9. The number of nitrogens with one attached hydrogen (secondary N) is 1. The van der Waals surface area contributed by atoms with Gasteiger partial charge in [0.2, 0.25) is 0 Å². The first kappa shape index (κ1) is 17.1. The van der Waals surface area contributed by atoms with Crippen LogP contribution in [0, 0.1) is 0 Å². The van der Waals surface area contributed by atoms with Gasteiger partial charge in [0.05, 0.1) is 0 Å². The topological polar surface area (TPSA) is 49.0 Å². The largest absolute Gasteiger partial charge is 0.307 e. The van der Waals surface area contributed by atoms with Gasteiger partial charge in [0.25, 0.3) is 12.0 Å². The van der Waals surface area contributed by atoms with Crippen molar-refractivity contribution in [1.82, 2.24) is 14.9 Å². The zero-order valence-corrected chi connectivity index (χ0v) is 14.7. The molecular formula is C19H17F2N3OS. The molecule has 3 aromatic rings. The monoisotopic (exact) mass is 373 g/mol. The van der Waals surface area contributed by atoms with Gasteiger partial charge in [0.15, 0.2) is 0 Å². The molecule has 0 unspecified atom stereocenters. The van der Waals surface area contributed by atoms with Crippen molar-refractivity contribution in [3.05, 3.63) is 73.8 Å². The lowest BCUT2D eigenvalue weighted by molar-refractivity contribution is 0.146. The summed E-state index contributed by atoms with van der Waals surface area (Å²) in [6, 6.07) is 10.5. The third kappa shape index (κ3) is 3.59. The van der Waals surface area contributed by atoms with E-state index >= 15 is 0 Å². The number of hydrogen-bond donors (Lipinski definition) is 1. The first-order valence-corrected chi connectivity index (χ1v) is 9.23. The summed E-state index contributed by atoms with van der Waals surface area (Å²) in [6.07, 6.45) is -1.72. The fraction of sp³-hybridized carbons (Fsp3) is 0.263. The van der Waals surface area contributed by atoms with Gasteiger partial charge in [0, 0.05) is 36.1 Å². The van der Waals surface area contributed by atoms with Crippen LogP contribution >= 0.6 is 11.3 Å². The molecule has 0 bridgehead atoms. The van der Waals surface area contributed by atoms with Gasteiger partial charge in [-0.15, -0.1) is 11.3 Å². The molecular weight excluding hydrogens is 356 g/mol. The van der Waals surface area contributed by atoms with E-state index in [1.165, 1.54) is 10.4 Å². The minimum atomic E-state index is -2.77. The average Bonchev–Trinajstić information content (AvgIpc) is 3.09. The quantitative estimate of drug-likeness (QED) is 0.752. The molecule has 1 aliphatic rings. The summed E-state index contributed by atoms with van der Waals surface area (Å²) in [6.45, 7) is 2.68. The smallest absolute Gasteiger partial charge is 0.280 e. The van der Waals surface area contributed by atoms with Crippen LogP contribution in [0.5, 0.6) is 0 Å². The van der Waals surface area contributed by atoms with Crippen molar-refractivity contribution >= 4 is 11.3 Å². The Morgan fingerprint density at radius 1 is 1.27 bits per heavy atom. The Morgan fingerprint density at radius 2 is 2.15 bits per heavy atom. The van der Waals surface area contributed by atoms with Gasteiger partial charge in [-0.3, -0.25) is 9.69 Å². The Bertz CT molecular complexity index is 983. The van der Waals surface area contributed by atoms with Crippen molar-refractivity contribution < 1.29 is 8.78 Å². The number of thiophene rings is 1. The third-order valence-electron chi connectivity index (χ3n) is 4.48. The summed E-state index contributed by atoms with van der Waals surface area (Å²) in [5.41, 5.74) is 2.00. The highest BCUT2D eigenvalue weighted by Crippen LogP contribution is 2.26. The van der Waals surface area contributed by atoms with E-state index in [-0.39, 0.29) is 5.82 Å². The van der Waals surface area contributed by atoms with E-state index in [0.29, 0.717) is 5.56 Å². The molecule has 134 valence electrons. The highest BCUT2D eigenvalue weighted by atomic mass is 32.1. The SMILES string of the molecule is O=c1cc(C(F)F)nc(-c2cccc(CN3CCc4sccc4C3)c2)[nH]1. The van der Waals surface area contributed by atoms with Gasteiger partial charge in [-0.25, -0.2) is 13.8 Å². The molecule has 26 heavy (non-hydrogen) atoms. The normalized spacial score (nSPS) is 14.6. The van der Waals surface area contributed by atoms with Crippen LogP contribution in [0.25, 0.3) is 11.4 Å². The molecule has 0 spiro atoms. The lowest BCUT2D eigenvalue weighted by Gasteiger charge is -2.26. The van der Waals surface area contributed by atoms with Crippen LogP contribution in [0.3, 0.4) is 0 Å². The second kappa shape index (κ2) is 7.09. The molecule has 1 aliphatic heterocycles. The molecule has 0 saturated carbocycles. The summed E-state index contributed by atoms with van der Waals surface area (Å²) in [7, 11) is 0. The Hall–Kier alpha value is -2.38. The van der Waals surface area contributed by atoms with E-state index in [4.69, 9.17) is 0 Å². The number of benzene rings is 1. The molecule has 4 rings (SSSR count). The summed E-state index contributed by atoms with van der Waals surface area (Å²) in [4.78, 5) is 21.9. The Morgan fingerprint density at radius 3 is 3.00 bits per heavy atom. The molecule has 2 aromatic heterocycles. The number of aromatic nitrogens is 2. The van der Waals surface area contributed by atoms with E-state index in [1.807, 2.05) is 29.5 Å². The Labute approximate surface area is 153 Å². The average molecular weight is 373 g/mol. The highest BCUT2D eigenvalue weighted by Gasteiger charge is 2.18. The number of rotatable bonds is 4. The first-order chi connectivity index (χ1) is 12.6. The number of halogens is 2. The van der Waals surface area contributed by atoms with Crippen molar-refractivity contribution in [2.24, 2.45) is 0 Å². The standard InChI is InChI=1S/C19H17F2N3OS/c20-18(21)15-9-17(25)23-19(22-15)13-3-1-2-12(8-13)10-24-6-4-16-14(11-24)5-7-26-16/h1-3,5,7-9,18H,4,6,10-11H2,(H,22,23,25). The van der Waals surface area contributed by atoms with E-state index in [0.717, 1.165) is 37.7 Å². The zero-order chi connectivity index (χ0) is 18.1. The van der Waals surface area contributed by atoms with Gasteiger partial charge >= 0.3 is 0 Å². The summed E-state index contributed by atoms with van der Waals surface area (Å²) >= 11 is 1.81. The Balaban J connectivity index is 1.57. The second-order valence-corrected chi connectivity index (χ2v) is 7.35. The van der Waals surface area contributed by atoms with Gasteiger partial charge in [-0.1, -0.05) is 18.2 Å². The minimum absolute atomic E-state index is 0.174. The number of alkyl halides is 2. The molecule has 3 heterocycles. The number of hydrogen-bond acceptors (Lipinski definition) is 4. The maximum absolute atomic E-state index is 12.9. The van der Waals surface area contributed by atoms with E-state index in [2.05, 4.69) is 26.3 Å². The lowest BCUT2D eigenvalue weighted by Crippen LogP contribution is -2.29. The van der Waals surface area contributed by atoms with Crippen LogP contribution in [0.1, 0.15) is 28.1 Å². The van der Waals surface area contributed by atoms with Crippen molar-refractivity contribution in [2.75, 3.05) is 6.54 Å². The number of nitrogens with zero attached hydrogens (tertiary/aromatic N) is 2. The maximum Gasteiger partial charge on any atom is 0.280 e. The molecule has 1 aromatic carbocycles. The number of aromatic amines is 1. The molecule has 7 heteroatoms. The molecule has 4 nitrogen and oxygen atoms in total. The minimum Gasteiger partial charge on any atom is -0.307 e. The fourth-order valence-corrected chi connectivity index (χ4v) is 4.13. The fourth-order valence-electron chi connectivity index (χ4n) is 3.24. The van der Waals surface area contributed by atoms with Gasteiger partial charge < -0.3 is 4.98 Å². The van der Waals surface area contributed by atoms with Crippen LogP contribution < -0.4 is 5.56 Å². The molecule has 0 saturated heterocycles. The van der Waals surface area contributed by atoms with Gasteiger partial charge in [0.1, 0.15) is 11.5 Å². The molecule has 0 radical (unpaired) electrons. The molecule has 1 N–H and O–H groups in total. The Kier molecular flexibility index (Phi) is 4.65. The second-order valence-electron chi connectivity index (χ2n) is 6.35. The predicted molar refractivity (Wildman–Crippen MR) is 97.4 cm³/mol.